The highest BCUT2D eigenvalue weighted by molar-refractivity contribution is 7.19. The van der Waals surface area contributed by atoms with Gasteiger partial charge in [-0.25, -0.2) is 14.4 Å². The lowest BCUT2D eigenvalue weighted by molar-refractivity contribution is -0.922. The number of quaternary nitrogens is 1. The number of nitrogens with one attached hydrogen (secondary N) is 2. The highest BCUT2D eigenvalue weighted by atomic mass is 32.1. The van der Waals surface area contributed by atoms with E-state index in [9.17, 15) is 4.39 Å². The zero-order chi connectivity index (χ0) is 18.9. The average Bonchev–Trinajstić information content (AvgIpc) is 3.09. The second-order valence-electron chi connectivity index (χ2n) is 7.55. The van der Waals surface area contributed by atoms with Gasteiger partial charge in [0.05, 0.1) is 18.6 Å². The Balaban J connectivity index is 1.55. The first-order chi connectivity index (χ1) is 13.8. The quantitative estimate of drug-likeness (QED) is 0.708. The summed E-state index contributed by atoms with van der Waals surface area (Å²) in [7, 11) is 0. The van der Waals surface area contributed by atoms with Crippen LogP contribution in [0.4, 0.5) is 15.9 Å². The number of halogens is 1. The number of nitrogens with zero attached hydrogens (tertiary/aromatic N) is 2. The van der Waals surface area contributed by atoms with Crippen molar-refractivity contribution in [3.05, 3.63) is 46.3 Å². The molecule has 2 aliphatic rings. The van der Waals surface area contributed by atoms with Crippen LogP contribution in [0.15, 0.2) is 24.3 Å². The van der Waals surface area contributed by atoms with E-state index in [1.54, 1.807) is 12.1 Å². The van der Waals surface area contributed by atoms with Crippen LogP contribution in [0.3, 0.4) is 0 Å². The molecule has 0 bridgehead atoms. The predicted molar refractivity (Wildman–Crippen MR) is 109 cm³/mol. The van der Waals surface area contributed by atoms with Crippen molar-refractivity contribution in [3.8, 4) is 0 Å². The number of aromatic nitrogens is 2. The standard InChI is InChI=1S/C21H23FN4OS/c22-14-5-7-15(8-6-14)23-20-19-16-3-1-2-4-17(16)28-21(19)25-18(24-20)13-26-9-11-27-12-10-26/h5-8H,1-4,9-13H2,(H,23,24,25)/p+1. The minimum absolute atomic E-state index is 0.233. The summed E-state index contributed by atoms with van der Waals surface area (Å²) < 4.78 is 18.8. The molecular weight excluding hydrogens is 375 g/mol. The van der Waals surface area contributed by atoms with E-state index >= 15 is 0 Å². The molecule has 3 aromatic rings. The summed E-state index contributed by atoms with van der Waals surface area (Å²) in [6.45, 7) is 4.38. The van der Waals surface area contributed by atoms with Crippen LogP contribution < -0.4 is 10.2 Å². The molecule has 2 aromatic heterocycles. The molecule has 1 saturated heterocycles. The number of morpholine rings is 1. The molecule has 28 heavy (non-hydrogen) atoms. The lowest BCUT2D eigenvalue weighted by Crippen LogP contribution is -3.12. The van der Waals surface area contributed by atoms with Crippen LogP contribution in [0, 0.1) is 5.82 Å². The van der Waals surface area contributed by atoms with Gasteiger partial charge < -0.3 is 15.0 Å². The maximum atomic E-state index is 13.3. The van der Waals surface area contributed by atoms with Gasteiger partial charge in [0.25, 0.3) is 0 Å². The Kier molecular flexibility index (Phi) is 4.96. The van der Waals surface area contributed by atoms with Gasteiger partial charge in [-0.05, 0) is 55.5 Å². The fourth-order valence-electron chi connectivity index (χ4n) is 4.10. The van der Waals surface area contributed by atoms with Crippen molar-refractivity contribution in [3.63, 3.8) is 0 Å². The third-order valence-electron chi connectivity index (χ3n) is 5.58. The van der Waals surface area contributed by atoms with E-state index in [-0.39, 0.29) is 5.82 Å². The molecular formula is C21H24FN4OS+. The van der Waals surface area contributed by atoms with Crippen molar-refractivity contribution >= 4 is 33.1 Å². The van der Waals surface area contributed by atoms with Crippen molar-refractivity contribution in [2.75, 3.05) is 31.6 Å². The minimum Gasteiger partial charge on any atom is -0.370 e. The third-order valence-corrected chi connectivity index (χ3v) is 6.76. The molecule has 7 heteroatoms. The van der Waals surface area contributed by atoms with Gasteiger partial charge >= 0.3 is 0 Å². The zero-order valence-corrected chi connectivity index (χ0v) is 16.6. The number of hydrogen-bond acceptors (Lipinski definition) is 5. The average molecular weight is 400 g/mol. The number of anilines is 2. The van der Waals surface area contributed by atoms with Crippen molar-refractivity contribution in [1.29, 1.82) is 0 Å². The van der Waals surface area contributed by atoms with Crippen LogP contribution in [0.2, 0.25) is 0 Å². The molecule has 0 amide bonds. The molecule has 3 heterocycles. The summed E-state index contributed by atoms with van der Waals surface area (Å²) >= 11 is 1.82. The Morgan fingerprint density at radius 1 is 1.07 bits per heavy atom. The first-order valence-electron chi connectivity index (χ1n) is 10.0. The first kappa shape index (κ1) is 18.0. The number of ether oxygens (including phenoxy) is 1. The molecule has 5 rings (SSSR count). The van der Waals surface area contributed by atoms with Crippen LogP contribution >= 0.6 is 11.3 Å². The van der Waals surface area contributed by atoms with Gasteiger partial charge in [-0.3, -0.25) is 0 Å². The van der Waals surface area contributed by atoms with Crippen LogP contribution in [0.1, 0.15) is 29.1 Å². The van der Waals surface area contributed by atoms with Crippen LogP contribution in [-0.4, -0.2) is 36.3 Å². The highest BCUT2D eigenvalue weighted by Crippen LogP contribution is 2.39. The van der Waals surface area contributed by atoms with Crippen molar-refractivity contribution < 1.29 is 14.0 Å². The van der Waals surface area contributed by atoms with E-state index in [2.05, 4.69) is 5.32 Å². The Morgan fingerprint density at radius 3 is 2.68 bits per heavy atom. The van der Waals surface area contributed by atoms with E-state index in [0.29, 0.717) is 0 Å². The minimum atomic E-state index is -0.233. The van der Waals surface area contributed by atoms with Gasteiger partial charge in [-0.15, -0.1) is 11.3 Å². The topological polar surface area (TPSA) is 51.5 Å². The molecule has 2 N–H and O–H groups in total. The maximum absolute atomic E-state index is 13.3. The summed E-state index contributed by atoms with van der Waals surface area (Å²) in [6, 6.07) is 6.47. The van der Waals surface area contributed by atoms with E-state index in [1.807, 2.05) is 11.3 Å². The van der Waals surface area contributed by atoms with Gasteiger partial charge in [0, 0.05) is 10.6 Å². The van der Waals surface area contributed by atoms with Gasteiger partial charge in [-0.2, -0.15) is 0 Å². The van der Waals surface area contributed by atoms with E-state index in [0.717, 1.165) is 73.2 Å². The molecule has 146 valence electrons. The molecule has 1 aliphatic carbocycles. The Labute approximate surface area is 167 Å². The Morgan fingerprint density at radius 2 is 1.86 bits per heavy atom. The van der Waals surface area contributed by atoms with Crippen molar-refractivity contribution in [1.82, 2.24) is 9.97 Å². The number of benzene rings is 1. The van der Waals surface area contributed by atoms with Crippen LogP contribution in [-0.2, 0) is 24.1 Å². The van der Waals surface area contributed by atoms with Gasteiger partial charge in [0.15, 0.2) is 5.82 Å². The Bertz CT molecular complexity index is 982. The lowest BCUT2D eigenvalue weighted by atomic mass is 9.97. The molecule has 5 nitrogen and oxygen atoms in total. The van der Waals surface area contributed by atoms with Gasteiger partial charge in [0.1, 0.15) is 36.1 Å². The monoisotopic (exact) mass is 399 g/mol. The number of hydrogen-bond donors (Lipinski definition) is 2. The van der Waals surface area contributed by atoms with E-state index in [1.165, 1.54) is 40.3 Å². The third kappa shape index (κ3) is 3.62. The highest BCUT2D eigenvalue weighted by Gasteiger charge is 2.23. The Hall–Kier alpha value is -2.09. The van der Waals surface area contributed by atoms with E-state index < -0.39 is 0 Å². The smallest absolute Gasteiger partial charge is 0.187 e. The number of aryl methyl sites for hydroxylation is 2. The van der Waals surface area contributed by atoms with E-state index in [4.69, 9.17) is 14.7 Å². The number of rotatable bonds is 4. The second kappa shape index (κ2) is 7.73. The summed E-state index contributed by atoms with van der Waals surface area (Å²) in [6.07, 6.45) is 4.69. The molecule has 1 aromatic carbocycles. The number of fused-ring (bicyclic) bond motifs is 3. The fourth-order valence-corrected chi connectivity index (χ4v) is 5.38. The summed E-state index contributed by atoms with van der Waals surface area (Å²) in [5, 5.41) is 4.60. The molecule has 0 unspecified atom stereocenters. The lowest BCUT2D eigenvalue weighted by Gasteiger charge is -2.23. The maximum Gasteiger partial charge on any atom is 0.187 e. The zero-order valence-electron chi connectivity index (χ0n) is 15.8. The molecule has 0 atom stereocenters. The predicted octanol–water partition coefficient (Wildman–Crippen LogP) is 2.87. The first-order valence-corrected chi connectivity index (χ1v) is 10.8. The summed E-state index contributed by atoms with van der Waals surface area (Å²) in [5.41, 5.74) is 2.25. The summed E-state index contributed by atoms with van der Waals surface area (Å²) in [4.78, 5) is 13.8. The van der Waals surface area contributed by atoms with Gasteiger partial charge in [-0.1, -0.05) is 0 Å². The fraction of sp³-hybridized carbons (Fsp3) is 0.429. The molecule has 1 fully saturated rings. The largest absolute Gasteiger partial charge is 0.370 e. The number of thiophene rings is 1. The molecule has 0 spiro atoms. The second-order valence-corrected chi connectivity index (χ2v) is 8.63. The normalized spacial score (nSPS) is 17.6. The molecule has 0 saturated carbocycles. The molecule has 1 aliphatic heterocycles. The SMILES string of the molecule is Fc1ccc(Nc2nc(C[NH+]3CCOCC3)nc3sc4c(c23)CCCC4)cc1. The van der Waals surface area contributed by atoms with Crippen LogP contribution in [0.5, 0.6) is 0 Å². The van der Waals surface area contributed by atoms with Crippen LogP contribution in [0.25, 0.3) is 10.2 Å². The summed E-state index contributed by atoms with van der Waals surface area (Å²) in [5.74, 6) is 1.49. The van der Waals surface area contributed by atoms with Crippen molar-refractivity contribution in [2.45, 2.75) is 32.2 Å². The molecule has 0 radical (unpaired) electrons. The van der Waals surface area contributed by atoms with Crippen molar-refractivity contribution in [2.24, 2.45) is 0 Å². The van der Waals surface area contributed by atoms with Gasteiger partial charge in [0.2, 0.25) is 0 Å².